The van der Waals surface area contributed by atoms with Crippen LogP contribution in [0.2, 0.25) is 5.02 Å². The molecule has 0 fully saturated rings. The second-order valence-electron chi connectivity index (χ2n) is 3.93. The van der Waals surface area contributed by atoms with Gasteiger partial charge in [0.1, 0.15) is 5.82 Å². The summed E-state index contributed by atoms with van der Waals surface area (Å²) in [6.07, 6.45) is 0. The van der Waals surface area contributed by atoms with E-state index in [0.717, 1.165) is 10.4 Å². The molecule has 5 nitrogen and oxygen atoms in total. The van der Waals surface area contributed by atoms with Gasteiger partial charge >= 0.3 is 0 Å². The quantitative estimate of drug-likeness (QED) is 0.744. The minimum Gasteiger partial charge on any atom is -0.354 e. The lowest BCUT2D eigenvalue weighted by Crippen LogP contribution is -2.09. The van der Waals surface area contributed by atoms with Crippen LogP contribution < -0.4 is 4.84 Å². The first-order valence-electron chi connectivity index (χ1n) is 5.70. The van der Waals surface area contributed by atoms with Crippen LogP contribution in [-0.2, 0) is 0 Å². The van der Waals surface area contributed by atoms with E-state index in [1.54, 1.807) is 24.3 Å². The summed E-state index contributed by atoms with van der Waals surface area (Å²) in [5.41, 5.74) is 0.751. The highest BCUT2D eigenvalue weighted by molar-refractivity contribution is 6.30. The number of hydrogen-bond donors (Lipinski definition) is 0. The Hall–Kier alpha value is -2.47. The average Bonchev–Trinajstić information content (AvgIpc) is 2.90. The minimum atomic E-state index is -0.341. The van der Waals surface area contributed by atoms with Crippen molar-refractivity contribution < 1.29 is 9.23 Å². The molecule has 1 heterocycles. The number of benzene rings is 2. The Labute approximate surface area is 118 Å². The highest BCUT2D eigenvalue weighted by Crippen LogP contribution is 2.20. The lowest BCUT2D eigenvalue weighted by atomic mass is 10.2. The number of halogens is 2. The Balaban J connectivity index is 1.90. The van der Waals surface area contributed by atoms with Gasteiger partial charge in [-0.15, -0.1) is 5.10 Å². The first-order chi connectivity index (χ1) is 9.72. The molecule has 3 aromatic rings. The van der Waals surface area contributed by atoms with Crippen LogP contribution in [0.3, 0.4) is 0 Å². The van der Waals surface area contributed by atoms with Crippen LogP contribution in [0, 0.1) is 5.82 Å². The van der Waals surface area contributed by atoms with Crippen molar-refractivity contribution in [3.63, 3.8) is 0 Å². The molecule has 0 saturated carbocycles. The molecule has 0 saturated heterocycles. The Bertz CT molecular complexity index is 712. The molecule has 0 radical (unpaired) electrons. The van der Waals surface area contributed by atoms with Crippen LogP contribution in [-0.4, -0.2) is 20.4 Å². The third-order valence-corrected chi connectivity index (χ3v) is 2.80. The number of hydrogen-bond acceptors (Lipinski definition) is 4. The Morgan fingerprint density at radius 3 is 2.40 bits per heavy atom. The van der Waals surface area contributed by atoms with Crippen molar-refractivity contribution in [1.82, 2.24) is 20.4 Å². The summed E-state index contributed by atoms with van der Waals surface area (Å²) in [7, 11) is 0. The summed E-state index contributed by atoms with van der Waals surface area (Å²) in [5, 5.41) is 11.8. The van der Waals surface area contributed by atoms with E-state index >= 15 is 0 Å². The van der Waals surface area contributed by atoms with Crippen molar-refractivity contribution in [3.05, 3.63) is 59.4 Å². The van der Waals surface area contributed by atoms with Crippen LogP contribution in [0.5, 0.6) is 5.75 Å². The van der Waals surface area contributed by atoms with E-state index in [2.05, 4.69) is 15.5 Å². The van der Waals surface area contributed by atoms with E-state index in [-0.39, 0.29) is 5.82 Å². The van der Waals surface area contributed by atoms with Crippen molar-refractivity contribution in [3.8, 4) is 17.1 Å². The van der Waals surface area contributed by atoms with Gasteiger partial charge in [-0.3, -0.25) is 0 Å². The fourth-order valence-electron chi connectivity index (χ4n) is 1.60. The maximum Gasteiger partial charge on any atom is 0.222 e. The number of tetrazole rings is 1. The zero-order valence-electron chi connectivity index (χ0n) is 10.1. The second-order valence-corrected chi connectivity index (χ2v) is 4.36. The predicted octanol–water partition coefficient (Wildman–Crippen LogP) is 2.97. The van der Waals surface area contributed by atoms with Gasteiger partial charge in [-0.1, -0.05) is 16.4 Å². The van der Waals surface area contributed by atoms with Crippen LogP contribution in [0.1, 0.15) is 0 Å². The highest BCUT2D eigenvalue weighted by Gasteiger charge is 2.10. The first kappa shape index (κ1) is 12.6. The van der Waals surface area contributed by atoms with E-state index in [0.29, 0.717) is 16.6 Å². The lowest BCUT2D eigenvalue weighted by molar-refractivity contribution is 0.177. The fraction of sp³-hybridized carbons (Fsp3) is 0. The molecule has 0 N–H and O–H groups in total. The molecule has 0 aliphatic carbocycles. The largest absolute Gasteiger partial charge is 0.354 e. The van der Waals surface area contributed by atoms with Crippen LogP contribution in [0.25, 0.3) is 11.4 Å². The Morgan fingerprint density at radius 2 is 1.70 bits per heavy atom. The third kappa shape index (κ3) is 2.60. The van der Waals surface area contributed by atoms with Gasteiger partial charge in [0.15, 0.2) is 5.75 Å². The molecule has 0 amide bonds. The highest BCUT2D eigenvalue weighted by atomic mass is 35.5. The van der Waals surface area contributed by atoms with Crippen molar-refractivity contribution in [2.45, 2.75) is 0 Å². The normalized spacial score (nSPS) is 10.5. The molecule has 20 heavy (non-hydrogen) atoms. The molecule has 0 atom stereocenters. The van der Waals surface area contributed by atoms with Gasteiger partial charge < -0.3 is 4.84 Å². The molecular formula is C13H8ClFN4O. The topological polar surface area (TPSA) is 52.8 Å². The maximum absolute atomic E-state index is 12.8. The first-order valence-corrected chi connectivity index (χ1v) is 6.08. The summed E-state index contributed by atoms with van der Waals surface area (Å²) >= 11 is 5.83. The van der Waals surface area contributed by atoms with Gasteiger partial charge in [0.05, 0.1) is 0 Å². The Kier molecular flexibility index (Phi) is 3.30. The van der Waals surface area contributed by atoms with Crippen molar-refractivity contribution in [2.75, 3.05) is 0 Å². The van der Waals surface area contributed by atoms with Crippen LogP contribution >= 0.6 is 11.6 Å². The molecular weight excluding hydrogens is 283 g/mol. The molecule has 3 rings (SSSR count). The zero-order valence-corrected chi connectivity index (χ0v) is 10.8. The summed E-state index contributed by atoms with van der Waals surface area (Å²) in [6.45, 7) is 0. The second kappa shape index (κ2) is 5.26. The number of aromatic nitrogens is 4. The molecule has 0 unspecified atom stereocenters. The number of rotatable bonds is 3. The molecule has 0 spiro atoms. The predicted molar refractivity (Wildman–Crippen MR) is 70.7 cm³/mol. The van der Waals surface area contributed by atoms with Gasteiger partial charge in [0.25, 0.3) is 0 Å². The summed E-state index contributed by atoms with van der Waals surface area (Å²) < 4.78 is 12.8. The smallest absolute Gasteiger partial charge is 0.222 e. The van der Waals surface area contributed by atoms with E-state index in [9.17, 15) is 4.39 Å². The SMILES string of the molecule is Fc1ccc(On2nnnc2-c2ccc(Cl)cc2)cc1. The maximum atomic E-state index is 12.8. The standard InChI is InChI=1S/C13H8ClFN4O/c14-10-3-1-9(2-4-10)13-16-17-18-19(13)20-12-7-5-11(15)6-8-12/h1-8H. The molecule has 100 valence electrons. The lowest BCUT2D eigenvalue weighted by Gasteiger charge is -2.06. The fourth-order valence-corrected chi connectivity index (χ4v) is 1.73. The molecule has 2 aromatic carbocycles. The summed E-state index contributed by atoms with van der Waals surface area (Å²) in [5.74, 6) is 0.506. The number of nitrogens with zero attached hydrogens (tertiary/aromatic N) is 4. The Morgan fingerprint density at radius 1 is 1.00 bits per heavy atom. The molecule has 1 aromatic heterocycles. The van der Waals surface area contributed by atoms with Crippen molar-refractivity contribution >= 4 is 11.6 Å². The zero-order chi connectivity index (χ0) is 13.9. The third-order valence-electron chi connectivity index (χ3n) is 2.55. The van der Waals surface area contributed by atoms with Gasteiger partial charge in [0, 0.05) is 10.6 Å². The van der Waals surface area contributed by atoms with Gasteiger partial charge in [-0.25, -0.2) is 4.39 Å². The average molecular weight is 291 g/mol. The van der Waals surface area contributed by atoms with E-state index in [4.69, 9.17) is 16.4 Å². The van der Waals surface area contributed by atoms with Crippen LogP contribution in [0.15, 0.2) is 48.5 Å². The molecule has 7 heteroatoms. The summed E-state index contributed by atoms with van der Waals surface area (Å²) in [6, 6.07) is 12.6. The van der Waals surface area contributed by atoms with Crippen LogP contribution in [0.4, 0.5) is 4.39 Å². The minimum absolute atomic E-state index is 0.341. The van der Waals surface area contributed by atoms with Gasteiger partial charge in [-0.05, 0) is 59.0 Å². The van der Waals surface area contributed by atoms with E-state index < -0.39 is 0 Å². The summed E-state index contributed by atoms with van der Waals surface area (Å²) in [4.78, 5) is 6.63. The molecule has 0 aliphatic heterocycles. The van der Waals surface area contributed by atoms with Gasteiger partial charge in [0.2, 0.25) is 5.82 Å². The monoisotopic (exact) mass is 290 g/mol. The molecule has 0 bridgehead atoms. The van der Waals surface area contributed by atoms with E-state index in [1.165, 1.54) is 24.3 Å². The van der Waals surface area contributed by atoms with Crippen molar-refractivity contribution in [2.24, 2.45) is 0 Å². The van der Waals surface area contributed by atoms with Gasteiger partial charge in [-0.2, -0.15) is 0 Å². The molecule has 0 aliphatic rings. The van der Waals surface area contributed by atoms with E-state index in [1.807, 2.05) is 0 Å². The van der Waals surface area contributed by atoms with Crippen molar-refractivity contribution in [1.29, 1.82) is 0 Å².